The first kappa shape index (κ1) is 25.5. The summed E-state index contributed by atoms with van der Waals surface area (Å²) in [6.07, 6.45) is -0.609. The number of fused-ring (bicyclic) bond motifs is 1. The van der Waals surface area contributed by atoms with Crippen molar-refractivity contribution in [3.63, 3.8) is 0 Å². The van der Waals surface area contributed by atoms with Crippen LogP contribution in [-0.2, 0) is 6.54 Å². The Kier molecular flexibility index (Phi) is 7.55. The van der Waals surface area contributed by atoms with Gasteiger partial charge in [-0.2, -0.15) is 4.98 Å². The average molecular weight is 546 g/mol. The lowest BCUT2D eigenvalue weighted by Gasteiger charge is -2.34. The van der Waals surface area contributed by atoms with Crippen LogP contribution in [0.25, 0.3) is 33.9 Å². The van der Waals surface area contributed by atoms with Gasteiger partial charge in [0.05, 0.1) is 6.54 Å². The molecule has 0 radical (unpaired) electrons. The van der Waals surface area contributed by atoms with Crippen LogP contribution in [-0.4, -0.2) is 75.5 Å². The number of piperazine rings is 1. The molecule has 1 fully saturated rings. The first-order chi connectivity index (χ1) is 19.1. The Bertz CT molecular complexity index is 1510. The van der Waals surface area contributed by atoms with E-state index in [0.29, 0.717) is 47.1 Å². The molecule has 10 heteroatoms. The maximum absolute atomic E-state index is 10.6. The molecule has 0 spiro atoms. The number of β-amino-alcohol motifs (C(OH)–C–C–N with tert-alkyl or cyclic N) is 1. The monoisotopic (exact) mass is 545 g/mol. The molecule has 0 unspecified atom stereocenters. The highest BCUT2D eigenvalue weighted by atomic mass is 35.5. The van der Waals surface area contributed by atoms with Crippen LogP contribution < -0.4 is 4.74 Å². The number of rotatable bonds is 9. The van der Waals surface area contributed by atoms with Crippen LogP contribution >= 0.6 is 11.6 Å². The number of nitrogens with zero attached hydrogens (tertiary/aromatic N) is 5. The van der Waals surface area contributed by atoms with Gasteiger partial charge in [0.1, 0.15) is 24.0 Å². The predicted molar refractivity (Wildman–Crippen MR) is 147 cm³/mol. The molecule has 0 saturated carbocycles. The number of aliphatic hydroxyl groups excluding tert-OH is 1. The molecule has 9 nitrogen and oxygen atoms in total. The van der Waals surface area contributed by atoms with Gasteiger partial charge in [0.15, 0.2) is 5.58 Å². The molecule has 39 heavy (non-hydrogen) atoms. The van der Waals surface area contributed by atoms with Crippen molar-refractivity contribution in [3.8, 4) is 28.6 Å². The molecule has 2 aromatic heterocycles. The van der Waals surface area contributed by atoms with E-state index in [1.807, 2.05) is 72.8 Å². The van der Waals surface area contributed by atoms with Crippen molar-refractivity contribution >= 4 is 22.7 Å². The number of aromatic nitrogens is 3. The van der Waals surface area contributed by atoms with E-state index in [4.69, 9.17) is 25.3 Å². The van der Waals surface area contributed by atoms with Crippen molar-refractivity contribution in [2.75, 3.05) is 39.3 Å². The van der Waals surface area contributed by atoms with Crippen molar-refractivity contribution in [2.45, 2.75) is 12.6 Å². The van der Waals surface area contributed by atoms with Crippen molar-refractivity contribution in [1.29, 1.82) is 0 Å². The lowest BCUT2D eigenvalue weighted by atomic mass is 10.2. The molecule has 200 valence electrons. The third-order valence-corrected chi connectivity index (χ3v) is 6.94. The number of oxazole rings is 1. The molecule has 1 saturated heterocycles. The molecule has 5 aromatic rings. The molecule has 1 atom stereocenters. The summed E-state index contributed by atoms with van der Waals surface area (Å²) in [6, 6.07) is 22.7. The third kappa shape index (κ3) is 6.29. The van der Waals surface area contributed by atoms with Crippen molar-refractivity contribution < 1.29 is 18.8 Å². The van der Waals surface area contributed by atoms with Gasteiger partial charge in [-0.05, 0) is 48.5 Å². The van der Waals surface area contributed by atoms with Crippen LogP contribution in [0.4, 0.5) is 0 Å². The van der Waals surface area contributed by atoms with Crippen LogP contribution in [0.2, 0.25) is 5.02 Å². The summed E-state index contributed by atoms with van der Waals surface area (Å²) in [5.41, 5.74) is 3.21. The zero-order valence-corrected chi connectivity index (χ0v) is 22.0. The molecule has 0 amide bonds. The lowest BCUT2D eigenvalue weighted by Crippen LogP contribution is -2.48. The third-order valence-electron chi connectivity index (χ3n) is 6.69. The molecular weight excluding hydrogens is 518 g/mol. The molecule has 3 aromatic carbocycles. The van der Waals surface area contributed by atoms with E-state index in [9.17, 15) is 5.11 Å². The number of benzene rings is 3. The predicted octanol–water partition coefficient (Wildman–Crippen LogP) is 4.76. The van der Waals surface area contributed by atoms with Crippen molar-refractivity contribution in [2.24, 2.45) is 0 Å². The highest BCUT2D eigenvalue weighted by molar-refractivity contribution is 6.30. The number of aliphatic hydroxyl groups is 1. The van der Waals surface area contributed by atoms with Gasteiger partial charge < -0.3 is 18.8 Å². The molecule has 3 heterocycles. The minimum absolute atomic E-state index is 0.199. The molecular formula is C29H28ClN5O4. The van der Waals surface area contributed by atoms with E-state index in [1.165, 1.54) is 0 Å². The van der Waals surface area contributed by atoms with Crippen LogP contribution in [0, 0.1) is 0 Å². The highest BCUT2D eigenvalue weighted by Crippen LogP contribution is 2.27. The first-order valence-corrected chi connectivity index (χ1v) is 13.3. The molecule has 0 aliphatic carbocycles. The maximum Gasteiger partial charge on any atom is 0.241 e. The Hall–Kier alpha value is -3.76. The molecule has 1 aliphatic heterocycles. The van der Waals surface area contributed by atoms with Gasteiger partial charge in [0.2, 0.25) is 17.6 Å². The summed E-state index contributed by atoms with van der Waals surface area (Å²) in [7, 11) is 0. The van der Waals surface area contributed by atoms with Gasteiger partial charge >= 0.3 is 0 Å². The smallest absolute Gasteiger partial charge is 0.241 e. The van der Waals surface area contributed by atoms with Gasteiger partial charge in [0, 0.05) is 54.9 Å². The SMILES string of the molecule is O[C@@H](COc1ccc2oc(-c3ccccc3)nc2c1)CN1CCN(Cc2nc(-c3ccc(Cl)cc3)no2)CC1. The van der Waals surface area contributed by atoms with Gasteiger partial charge in [-0.25, -0.2) is 4.98 Å². The summed E-state index contributed by atoms with van der Waals surface area (Å²) < 4.78 is 17.2. The standard InChI is InChI=1S/C29H28ClN5O4/c30-22-8-6-20(7-9-22)28-32-27(39-33-28)18-35-14-12-34(13-15-35)17-23(36)19-37-24-10-11-26-25(16-24)31-29(38-26)21-4-2-1-3-5-21/h1-11,16,23,36H,12-15,17-19H2/t23-/m1/s1. The fraction of sp³-hybridized carbons (Fsp3) is 0.276. The molecule has 0 bridgehead atoms. The van der Waals surface area contributed by atoms with Gasteiger partial charge in [-0.1, -0.05) is 35.0 Å². The first-order valence-electron chi connectivity index (χ1n) is 12.9. The van der Waals surface area contributed by atoms with E-state index >= 15 is 0 Å². The second-order valence-electron chi connectivity index (χ2n) is 9.57. The number of hydrogen-bond acceptors (Lipinski definition) is 9. The van der Waals surface area contributed by atoms with Crippen LogP contribution in [0.1, 0.15) is 5.89 Å². The van der Waals surface area contributed by atoms with E-state index < -0.39 is 6.10 Å². The topological polar surface area (TPSA) is 101 Å². The minimum atomic E-state index is -0.609. The summed E-state index contributed by atoms with van der Waals surface area (Å²) in [5, 5.41) is 15.4. The maximum atomic E-state index is 10.6. The van der Waals surface area contributed by atoms with E-state index in [1.54, 1.807) is 0 Å². The van der Waals surface area contributed by atoms with Crippen LogP contribution in [0.15, 0.2) is 81.7 Å². The summed E-state index contributed by atoms with van der Waals surface area (Å²) in [4.78, 5) is 13.6. The summed E-state index contributed by atoms with van der Waals surface area (Å²) >= 11 is 5.96. The highest BCUT2D eigenvalue weighted by Gasteiger charge is 2.21. The average Bonchev–Trinajstić information content (AvgIpc) is 3.61. The van der Waals surface area contributed by atoms with Gasteiger partial charge in [0.25, 0.3) is 0 Å². The Morgan fingerprint density at radius 2 is 1.67 bits per heavy atom. The van der Waals surface area contributed by atoms with E-state index in [-0.39, 0.29) is 6.61 Å². The second kappa shape index (κ2) is 11.5. The largest absolute Gasteiger partial charge is 0.491 e. The summed E-state index contributed by atoms with van der Waals surface area (Å²) in [5.74, 6) is 2.37. The Labute approximate surface area is 230 Å². The van der Waals surface area contributed by atoms with Crippen LogP contribution in [0.5, 0.6) is 5.75 Å². The zero-order valence-electron chi connectivity index (χ0n) is 21.2. The Balaban J connectivity index is 0.956. The van der Waals surface area contributed by atoms with E-state index in [2.05, 4.69) is 24.9 Å². The molecule has 1 aliphatic rings. The quantitative estimate of drug-likeness (QED) is 0.281. The van der Waals surface area contributed by atoms with Crippen molar-refractivity contribution in [3.05, 3.63) is 83.7 Å². The number of halogens is 1. The minimum Gasteiger partial charge on any atom is -0.491 e. The molecule has 1 N–H and O–H groups in total. The lowest BCUT2D eigenvalue weighted by molar-refractivity contribution is 0.0426. The number of ether oxygens (including phenoxy) is 1. The van der Waals surface area contributed by atoms with Crippen LogP contribution in [0.3, 0.4) is 0 Å². The summed E-state index contributed by atoms with van der Waals surface area (Å²) in [6.45, 7) is 4.70. The second-order valence-corrected chi connectivity index (χ2v) is 10.0. The zero-order chi connectivity index (χ0) is 26.6. The Morgan fingerprint density at radius 1 is 0.897 bits per heavy atom. The van der Waals surface area contributed by atoms with E-state index in [0.717, 1.165) is 42.8 Å². The normalized spacial score (nSPS) is 15.5. The van der Waals surface area contributed by atoms with Crippen molar-refractivity contribution in [1.82, 2.24) is 24.9 Å². The fourth-order valence-electron chi connectivity index (χ4n) is 4.60. The van der Waals surface area contributed by atoms with Gasteiger partial charge in [-0.15, -0.1) is 0 Å². The fourth-order valence-corrected chi connectivity index (χ4v) is 4.73. The Morgan fingerprint density at radius 3 is 2.46 bits per heavy atom. The number of hydrogen-bond donors (Lipinski definition) is 1. The van der Waals surface area contributed by atoms with Gasteiger partial charge in [-0.3, -0.25) is 9.80 Å². The molecule has 6 rings (SSSR count).